The normalized spacial score (nSPS) is 17.6. The molecule has 1 aliphatic heterocycles. The molecule has 3 rings (SSSR count). The van der Waals surface area contributed by atoms with Crippen LogP contribution in [0.5, 0.6) is 0 Å². The second kappa shape index (κ2) is 7.72. The minimum absolute atomic E-state index is 0.0183. The van der Waals surface area contributed by atoms with Gasteiger partial charge < -0.3 is 4.90 Å². The van der Waals surface area contributed by atoms with Crippen LogP contribution in [-0.2, 0) is 10.0 Å². The third-order valence-corrected chi connectivity index (χ3v) is 6.91. The van der Waals surface area contributed by atoms with Crippen LogP contribution >= 0.6 is 0 Å². The van der Waals surface area contributed by atoms with Crippen molar-refractivity contribution >= 4 is 21.6 Å². The largest absolute Gasteiger partial charge is 0.338 e. The van der Waals surface area contributed by atoms with Gasteiger partial charge in [-0.1, -0.05) is 25.1 Å². The van der Waals surface area contributed by atoms with Gasteiger partial charge in [-0.15, -0.1) is 0 Å². The van der Waals surface area contributed by atoms with Gasteiger partial charge in [0.05, 0.1) is 10.6 Å². The number of likely N-dealkylation sites (tertiary alicyclic amines) is 1. The van der Waals surface area contributed by atoms with Gasteiger partial charge in [-0.05, 0) is 61.6 Å². The second-order valence-electron chi connectivity index (χ2n) is 7.29. The van der Waals surface area contributed by atoms with E-state index in [0.717, 1.165) is 31.5 Å². The van der Waals surface area contributed by atoms with Crippen molar-refractivity contribution < 1.29 is 13.2 Å². The van der Waals surface area contributed by atoms with Gasteiger partial charge in [-0.2, -0.15) is 0 Å². The van der Waals surface area contributed by atoms with Crippen molar-refractivity contribution in [1.29, 1.82) is 0 Å². The predicted molar refractivity (Wildman–Crippen MR) is 108 cm³/mol. The number of anilines is 1. The molecule has 0 bridgehead atoms. The van der Waals surface area contributed by atoms with Gasteiger partial charge in [0, 0.05) is 25.7 Å². The molecule has 1 fully saturated rings. The summed E-state index contributed by atoms with van der Waals surface area (Å²) in [5, 5.41) is 0. The summed E-state index contributed by atoms with van der Waals surface area (Å²) in [6.45, 7) is 5.56. The summed E-state index contributed by atoms with van der Waals surface area (Å²) < 4.78 is 26.9. The predicted octanol–water partition coefficient (Wildman–Crippen LogP) is 3.69. The Hall–Kier alpha value is -2.34. The molecule has 0 aromatic heterocycles. The Balaban J connectivity index is 1.85. The molecule has 2 aromatic rings. The van der Waals surface area contributed by atoms with Crippen LogP contribution in [-0.4, -0.2) is 39.4 Å². The fourth-order valence-corrected chi connectivity index (χ4v) is 4.86. The number of benzene rings is 2. The van der Waals surface area contributed by atoms with Gasteiger partial charge in [0.2, 0.25) is 0 Å². The van der Waals surface area contributed by atoms with Gasteiger partial charge in [0.15, 0.2) is 0 Å². The van der Waals surface area contributed by atoms with Crippen LogP contribution in [0.25, 0.3) is 0 Å². The molecule has 0 N–H and O–H groups in total. The number of carbonyl (C=O) groups excluding carboxylic acids is 1. The molecule has 0 saturated carbocycles. The third-order valence-electron chi connectivity index (χ3n) is 5.13. The number of piperidine rings is 1. The summed E-state index contributed by atoms with van der Waals surface area (Å²) in [6.07, 6.45) is 2.19. The van der Waals surface area contributed by atoms with Gasteiger partial charge in [-0.3, -0.25) is 9.10 Å². The van der Waals surface area contributed by atoms with Crippen molar-refractivity contribution in [2.75, 3.05) is 24.4 Å². The maximum absolute atomic E-state index is 12.8. The molecule has 0 spiro atoms. The van der Waals surface area contributed by atoms with Crippen molar-refractivity contribution in [1.82, 2.24) is 4.90 Å². The van der Waals surface area contributed by atoms with Gasteiger partial charge in [-0.25, -0.2) is 8.42 Å². The van der Waals surface area contributed by atoms with Crippen LogP contribution < -0.4 is 4.31 Å². The molecule has 2 aromatic carbocycles. The Morgan fingerprint density at radius 3 is 2.48 bits per heavy atom. The Bertz CT molecular complexity index is 926. The number of hydrogen-bond donors (Lipinski definition) is 0. The lowest BCUT2D eigenvalue weighted by molar-refractivity contribution is 0.0683. The zero-order valence-electron chi connectivity index (χ0n) is 16.1. The minimum atomic E-state index is -3.64. The van der Waals surface area contributed by atoms with Crippen LogP contribution in [0.4, 0.5) is 5.69 Å². The monoisotopic (exact) mass is 386 g/mol. The van der Waals surface area contributed by atoms with Crippen molar-refractivity contribution in [3.8, 4) is 0 Å². The molecule has 1 saturated heterocycles. The molecular formula is C21H26N2O3S. The highest BCUT2D eigenvalue weighted by atomic mass is 32.2. The number of carbonyl (C=O) groups is 1. The van der Waals surface area contributed by atoms with Gasteiger partial charge in [0.1, 0.15) is 0 Å². The number of aryl methyl sites for hydroxylation is 1. The molecular weight excluding hydrogens is 360 g/mol. The van der Waals surface area contributed by atoms with E-state index in [1.807, 2.05) is 11.8 Å². The average Bonchev–Trinajstić information content (AvgIpc) is 2.67. The smallest absolute Gasteiger partial charge is 0.264 e. The molecule has 1 heterocycles. The van der Waals surface area contributed by atoms with Crippen LogP contribution in [0, 0.1) is 12.8 Å². The first-order valence-corrected chi connectivity index (χ1v) is 10.7. The van der Waals surface area contributed by atoms with Crippen LogP contribution in [0.15, 0.2) is 53.4 Å². The fraction of sp³-hybridized carbons (Fsp3) is 0.381. The zero-order chi connectivity index (χ0) is 19.6. The Kier molecular flexibility index (Phi) is 5.56. The first kappa shape index (κ1) is 19.4. The van der Waals surface area contributed by atoms with Gasteiger partial charge >= 0.3 is 0 Å². The topological polar surface area (TPSA) is 57.7 Å². The summed E-state index contributed by atoms with van der Waals surface area (Å²) in [4.78, 5) is 14.9. The van der Waals surface area contributed by atoms with E-state index in [1.165, 1.54) is 4.31 Å². The molecule has 1 atom stereocenters. The number of rotatable bonds is 4. The van der Waals surface area contributed by atoms with Crippen molar-refractivity contribution in [2.24, 2.45) is 5.92 Å². The summed E-state index contributed by atoms with van der Waals surface area (Å²) >= 11 is 0. The lowest BCUT2D eigenvalue weighted by Crippen LogP contribution is -2.39. The lowest BCUT2D eigenvalue weighted by atomic mass is 9.99. The van der Waals surface area contributed by atoms with Crippen molar-refractivity contribution in [2.45, 2.75) is 31.6 Å². The van der Waals surface area contributed by atoms with E-state index in [9.17, 15) is 13.2 Å². The zero-order valence-corrected chi connectivity index (χ0v) is 16.9. The highest BCUT2D eigenvalue weighted by Gasteiger charge is 2.25. The van der Waals surface area contributed by atoms with E-state index in [2.05, 4.69) is 6.92 Å². The van der Waals surface area contributed by atoms with E-state index in [0.29, 0.717) is 17.2 Å². The first-order valence-electron chi connectivity index (χ1n) is 9.24. The van der Waals surface area contributed by atoms with E-state index in [4.69, 9.17) is 0 Å². The molecule has 1 amide bonds. The SMILES string of the molecule is Cc1cc(C(=O)N2CCCC(C)C2)ccc1N(C)S(=O)(=O)c1ccccc1. The number of hydrogen-bond acceptors (Lipinski definition) is 3. The van der Waals surface area contributed by atoms with Gasteiger partial charge in [0.25, 0.3) is 15.9 Å². The standard InChI is InChI=1S/C21H26N2O3S/c1-16-8-7-13-23(15-16)21(24)18-11-12-20(17(2)14-18)22(3)27(25,26)19-9-5-4-6-10-19/h4-6,9-12,14,16H,7-8,13,15H2,1-3H3. The highest BCUT2D eigenvalue weighted by molar-refractivity contribution is 7.92. The van der Waals surface area contributed by atoms with Crippen LogP contribution in [0.2, 0.25) is 0 Å². The van der Waals surface area contributed by atoms with Crippen LogP contribution in [0.3, 0.4) is 0 Å². The Labute approximate surface area is 161 Å². The molecule has 6 heteroatoms. The third kappa shape index (κ3) is 4.00. The average molecular weight is 387 g/mol. The maximum Gasteiger partial charge on any atom is 0.264 e. The number of nitrogens with zero attached hydrogens (tertiary/aromatic N) is 2. The molecule has 27 heavy (non-hydrogen) atoms. The van der Waals surface area contributed by atoms with Crippen LogP contribution in [0.1, 0.15) is 35.7 Å². The summed E-state index contributed by atoms with van der Waals surface area (Å²) in [6, 6.07) is 13.6. The van der Waals surface area contributed by atoms with E-state index < -0.39 is 10.0 Å². The summed E-state index contributed by atoms with van der Waals surface area (Å²) in [5.41, 5.74) is 1.94. The van der Waals surface area contributed by atoms with Crippen molar-refractivity contribution in [3.05, 3.63) is 59.7 Å². The molecule has 0 aliphatic carbocycles. The Morgan fingerprint density at radius 1 is 1.15 bits per heavy atom. The lowest BCUT2D eigenvalue weighted by Gasteiger charge is -2.31. The number of amides is 1. The van der Waals surface area contributed by atoms with E-state index in [1.54, 1.807) is 55.6 Å². The van der Waals surface area contributed by atoms with Crippen molar-refractivity contribution in [3.63, 3.8) is 0 Å². The molecule has 1 unspecified atom stereocenters. The quantitative estimate of drug-likeness (QED) is 0.805. The first-order chi connectivity index (χ1) is 12.8. The minimum Gasteiger partial charge on any atom is -0.338 e. The highest BCUT2D eigenvalue weighted by Crippen LogP contribution is 2.27. The second-order valence-corrected chi connectivity index (χ2v) is 9.25. The molecule has 144 valence electrons. The molecule has 5 nitrogen and oxygen atoms in total. The Morgan fingerprint density at radius 2 is 1.85 bits per heavy atom. The molecule has 1 aliphatic rings. The van der Waals surface area contributed by atoms with E-state index in [-0.39, 0.29) is 10.8 Å². The maximum atomic E-state index is 12.8. The number of sulfonamides is 1. The summed E-state index contributed by atoms with van der Waals surface area (Å²) in [5.74, 6) is 0.537. The fourth-order valence-electron chi connectivity index (χ4n) is 3.58. The van der Waals surface area contributed by atoms with E-state index >= 15 is 0 Å². The summed E-state index contributed by atoms with van der Waals surface area (Å²) in [7, 11) is -2.10. The molecule has 0 radical (unpaired) electrons.